The van der Waals surface area contributed by atoms with Crippen LogP contribution in [-0.4, -0.2) is 33.8 Å². The summed E-state index contributed by atoms with van der Waals surface area (Å²) in [5, 5.41) is 6.26. The lowest BCUT2D eigenvalue weighted by molar-refractivity contribution is -0.0918. The van der Waals surface area contributed by atoms with Gasteiger partial charge in [0.25, 0.3) is 0 Å². The van der Waals surface area contributed by atoms with E-state index < -0.39 is 29.3 Å². The topological polar surface area (TPSA) is 69.0 Å². The second kappa shape index (κ2) is 7.20. The average molecular weight is 441 g/mol. The van der Waals surface area contributed by atoms with Crippen molar-refractivity contribution in [1.82, 2.24) is 14.8 Å². The number of halogens is 4. The largest absolute Gasteiger partial charge is 0.497 e. The number of carbonyl (C=O) groups is 1. The molecule has 3 aromatic rings. The highest BCUT2D eigenvalue weighted by Crippen LogP contribution is 2.43. The number of benzene rings is 1. The van der Waals surface area contributed by atoms with Gasteiger partial charge in [-0.05, 0) is 29.8 Å². The zero-order valence-corrected chi connectivity index (χ0v) is 16.3. The minimum atomic E-state index is -4.82. The molecule has 0 radical (unpaired) electrons. The number of thiophene rings is 1. The minimum Gasteiger partial charge on any atom is -0.497 e. The molecule has 0 aliphatic carbocycles. The number of ketones is 1. The summed E-state index contributed by atoms with van der Waals surface area (Å²) < 4.78 is 48.5. The van der Waals surface area contributed by atoms with Crippen LogP contribution in [0.25, 0.3) is 0 Å². The molecule has 0 fully saturated rings. The third kappa shape index (κ3) is 3.49. The van der Waals surface area contributed by atoms with Crippen molar-refractivity contribution in [3.63, 3.8) is 0 Å². The highest BCUT2D eigenvalue weighted by Gasteiger charge is 2.46. The average Bonchev–Trinajstić information content (AvgIpc) is 3.34. The van der Waals surface area contributed by atoms with Gasteiger partial charge in [-0.1, -0.05) is 23.7 Å². The van der Waals surface area contributed by atoms with Gasteiger partial charge >= 0.3 is 6.18 Å². The van der Waals surface area contributed by atoms with Gasteiger partial charge in [-0.3, -0.25) is 4.79 Å². The minimum absolute atomic E-state index is 0.0880. The Morgan fingerprint density at radius 1 is 1.31 bits per heavy atom. The summed E-state index contributed by atoms with van der Waals surface area (Å²) in [5.74, 6) is -0.483. The van der Waals surface area contributed by atoms with E-state index in [4.69, 9.17) is 16.3 Å². The molecule has 11 heteroatoms. The highest BCUT2D eigenvalue weighted by molar-refractivity contribution is 7.18. The van der Waals surface area contributed by atoms with Crippen LogP contribution in [0.1, 0.15) is 21.3 Å². The van der Waals surface area contributed by atoms with Gasteiger partial charge in [-0.2, -0.15) is 23.3 Å². The number of Topliss-reactive ketones (excluding diaryl/α,β-unsaturated/α-hetero) is 1. The summed E-state index contributed by atoms with van der Waals surface area (Å²) in [6.07, 6.45) is -3.70. The normalized spacial score (nSPS) is 16.4. The maximum absolute atomic E-state index is 13.9. The monoisotopic (exact) mass is 440 g/mol. The van der Waals surface area contributed by atoms with Crippen molar-refractivity contribution in [1.29, 1.82) is 0 Å². The Hall–Kier alpha value is -2.85. The van der Waals surface area contributed by atoms with Gasteiger partial charge in [0, 0.05) is 0 Å². The molecule has 1 aromatic carbocycles. The molecule has 2 aromatic heterocycles. The number of aromatic nitrogens is 3. The van der Waals surface area contributed by atoms with E-state index in [0.29, 0.717) is 15.6 Å². The van der Waals surface area contributed by atoms with Crippen molar-refractivity contribution in [3.8, 4) is 5.75 Å². The van der Waals surface area contributed by atoms with Gasteiger partial charge in [-0.25, -0.2) is 4.68 Å². The molecule has 0 amide bonds. The van der Waals surface area contributed by atoms with Gasteiger partial charge in [0.1, 0.15) is 23.8 Å². The maximum atomic E-state index is 13.9. The van der Waals surface area contributed by atoms with E-state index in [0.717, 1.165) is 17.7 Å². The Kier molecular flexibility index (Phi) is 4.83. The van der Waals surface area contributed by atoms with Crippen LogP contribution in [-0.2, 0) is 0 Å². The Labute approximate surface area is 171 Å². The van der Waals surface area contributed by atoms with Crippen molar-refractivity contribution in [2.75, 3.05) is 12.4 Å². The molecule has 29 heavy (non-hydrogen) atoms. The summed E-state index contributed by atoms with van der Waals surface area (Å²) >= 11 is 6.80. The number of ether oxygens (including phenoxy) is 1. The Balaban J connectivity index is 1.97. The SMILES string of the molecule is COc1cccc([C@H]2C(C(=O)c3ccc(Cl)s3)=C(C(F)(F)F)Nc3ncnn32)c1. The molecule has 150 valence electrons. The Bertz CT molecular complexity index is 1120. The van der Waals surface area contributed by atoms with Gasteiger partial charge in [0.2, 0.25) is 11.7 Å². The molecule has 0 bridgehead atoms. The Morgan fingerprint density at radius 3 is 2.76 bits per heavy atom. The van der Waals surface area contributed by atoms with Crippen molar-refractivity contribution >= 4 is 34.7 Å². The van der Waals surface area contributed by atoms with E-state index in [9.17, 15) is 18.0 Å². The van der Waals surface area contributed by atoms with E-state index >= 15 is 0 Å². The third-order valence-electron chi connectivity index (χ3n) is 4.33. The number of carbonyl (C=O) groups excluding carboxylic acids is 1. The van der Waals surface area contributed by atoms with Crippen molar-refractivity contribution in [3.05, 3.63) is 68.8 Å². The molecule has 4 rings (SSSR count). The first-order chi connectivity index (χ1) is 13.8. The number of fused-ring (bicyclic) bond motifs is 1. The molecule has 0 saturated carbocycles. The summed E-state index contributed by atoms with van der Waals surface area (Å²) in [4.78, 5) is 17.1. The van der Waals surface area contributed by atoms with Crippen LogP contribution >= 0.6 is 22.9 Å². The van der Waals surface area contributed by atoms with Crippen LogP contribution in [0.3, 0.4) is 0 Å². The van der Waals surface area contributed by atoms with Crippen molar-refractivity contribution in [2.24, 2.45) is 0 Å². The molecule has 1 N–H and O–H groups in total. The molecule has 0 unspecified atom stereocenters. The third-order valence-corrected chi connectivity index (χ3v) is 5.56. The predicted octanol–water partition coefficient (Wildman–Crippen LogP) is 4.72. The fourth-order valence-electron chi connectivity index (χ4n) is 3.12. The van der Waals surface area contributed by atoms with Crippen LogP contribution in [0.5, 0.6) is 5.75 Å². The standard InChI is InChI=1S/C18H12ClF3N4O2S/c1-28-10-4-2-3-9(7-10)14-13(15(27)11-5-6-12(19)29-11)16(18(20,21)22)25-17-23-8-24-26(14)17/h2-8,14H,1H3,(H,23,24,25)/t14-/m0/s1. The molecule has 0 saturated heterocycles. The number of rotatable bonds is 4. The first kappa shape index (κ1) is 19.5. The van der Waals surface area contributed by atoms with Crippen LogP contribution < -0.4 is 10.1 Å². The maximum Gasteiger partial charge on any atom is 0.431 e. The van der Waals surface area contributed by atoms with Crippen LogP contribution in [0.15, 0.2) is 54.0 Å². The fourth-order valence-corrected chi connectivity index (χ4v) is 4.11. The van der Waals surface area contributed by atoms with Crippen LogP contribution in [0.2, 0.25) is 4.34 Å². The van der Waals surface area contributed by atoms with E-state index in [2.05, 4.69) is 15.4 Å². The molecule has 1 aliphatic rings. The quantitative estimate of drug-likeness (QED) is 0.595. The van der Waals surface area contributed by atoms with Gasteiger partial charge in [-0.15, -0.1) is 11.3 Å². The van der Waals surface area contributed by atoms with E-state index in [1.807, 2.05) is 0 Å². The Morgan fingerprint density at radius 2 is 2.10 bits per heavy atom. The molecular weight excluding hydrogens is 429 g/mol. The fraction of sp³-hybridized carbons (Fsp3) is 0.167. The smallest absolute Gasteiger partial charge is 0.431 e. The summed E-state index contributed by atoms with van der Waals surface area (Å²) in [6.45, 7) is 0. The highest BCUT2D eigenvalue weighted by atomic mass is 35.5. The first-order valence-electron chi connectivity index (χ1n) is 8.21. The van der Waals surface area contributed by atoms with Crippen molar-refractivity contribution < 1.29 is 22.7 Å². The van der Waals surface area contributed by atoms with Crippen molar-refractivity contribution in [2.45, 2.75) is 12.2 Å². The van der Waals surface area contributed by atoms with E-state index in [-0.39, 0.29) is 10.8 Å². The lowest BCUT2D eigenvalue weighted by Crippen LogP contribution is -2.35. The van der Waals surface area contributed by atoms with Crippen LogP contribution in [0.4, 0.5) is 19.1 Å². The van der Waals surface area contributed by atoms with Gasteiger partial charge in [0.15, 0.2) is 0 Å². The molecule has 1 atom stereocenters. The number of methoxy groups -OCH3 is 1. The number of hydrogen-bond acceptors (Lipinski definition) is 6. The zero-order chi connectivity index (χ0) is 20.8. The molecule has 0 spiro atoms. The number of hydrogen-bond donors (Lipinski definition) is 1. The number of alkyl halides is 3. The molecule has 3 heterocycles. The molecular formula is C18H12ClF3N4O2S. The zero-order valence-electron chi connectivity index (χ0n) is 14.7. The molecule has 1 aliphatic heterocycles. The van der Waals surface area contributed by atoms with E-state index in [1.54, 1.807) is 24.3 Å². The number of nitrogens with one attached hydrogen (secondary N) is 1. The predicted molar refractivity (Wildman–Crippen MR) is 102 cm³/mol. The summed E-state index contributed by atoms with van der Waals surface area (Å²) in [5.41, 5.74) is -1.28. The lowest BCUT2D eigenvalue weighted by Gasteiger charge is -2.30. The van der Waals surface area contributed by atoms with Gasteiger partial charge < -0.3 is 10.1 Å². The summed E-state index contributed by atoms with van der Waals surface area (Å²) in [6, 6.07) is 8.15. The van der Waals surface area contributed by atoms with E-state index in [1.165, 1.54) is 23.9 Å². The second-order valence-corrected chi connectivity index (χ2v) is 7.77. The lowest BCUT2D eigenvalue weighted by atomic mass is 9.91. The van der Waals surface area contributed by atoms with Gasteiger partial charge in [0.05, 0.1) is 21.9 Å². The summed E-state index contributed by atoms with van der Waals surface area (Å²) in [7, 11) is 1.44. The number of anilines is 1. The second-order valence-electron chi connectivity index (χ2n) is 6.05. The first-order valence-corrected chi connectivity index (χ1v) is 9.41. The molecule has 6 nitrogen and oxygen atoms in total. The van der Waals surface area contributed by atoms with Crippen LogP contribution in [0, 0.1) is 0 Å². The number of allylic oxidation sites excluding steroid dienone is 2. The number of nitrogens with zero attached hydrogens (tertiary/aromatic N) is 3.